The monoisotopic (exact) mass is 396 g/mol. The van der Waals surface area contributed by atoms with E-state index in [-0.39, 0.29) is 6.10 Å². The number of hydrogen-bond acceptors (Lipinski definition) is 3. The second-order valence-electron chi connectivity index (χ2n) is 5.92. The van der Waals surface area contributed by atoms with Crippen molar-refractivity contribution in [3.63, 3.8) is 0 Å². The molecule has 1 atom stereocenters. The molecule has 0 fully saturated rings. The minimum absolute atomic E-state index is 0.135. The van der Waals surface area contributed by atoms with E-state index in [0.717, 1.165) is 28.3 Å². The van der Waals surface area contributed by atoms with E-state index in [0.29, 0.717) is 17.9 Å². The number of rotatable bonds is 8. The maximum absolute atomic E-state index is 12.6. The normalized spacial score (nSPS) is 13.1. The predicted octanol–water partition coefficient (Wildman–Crippen LogP) is 6.23. The number of benzene rings is 2. The van der Waals surface area contributed by atoms with Gasteiger partial charge in [-0.05, 0) is 55.3 Å². The van der Waals surface area contributed by atoms with E-state index in [2.05, 4.69) is 6.07 Å². The molecule has 2 aromatic rings. The number of aryl methyl sites for hydroxylation is 1. The Balaban J connectivity index is 2.00. The minimum Gasteiger partial charge on any atom is -0.496 e. The molecule has 0 saturated heterocycles. The van der Waals surface area contributed by atoms with Gasteiger partial charge in [0.1, 0.15) is 5.75 Å². The number of hydrogen-bond donors (Lipinski definition) is 0. The number of ether oxygens (including phenoxy) is 2. The van der Waals surface area contributed by atoms with Crippen molar-refractivity contribution in [2.45, 2.75) is 31.0 Å². The van der Waals surface area contributed by atoms with Crippen LogP contribution < -0.4 is 4.74 Å². The van der Waals surface area contributed by atoms with Crippen molar-refractivity contribution in [3.05, 3.63) is 65.2 Å². The van der Waals surface area contributed by atoms with Gasteiger partial charge in [-0.3, -0.25) is 0 Å². The molecule has 2 rings (SSSR count). The number of thioether (sulfide) groups is 1. The van der Waals surface area contributed by atoms with Crippen molar-refractivity contribution in [2.24, 2.45) is 0 Å². The molecule has 0 radical (unpaired) electrons. The van der Waals surface area contributed by atoms with Crippen molar-refractivity contribution in [3.8, 4) is 5.75 Å². The Morgan fingerprint density at radius 3 is 2.37 bits per heavy atom. The molecule has 0 heterocycles. The average molecular weight is 396 g/mol. The molecule has 2 nitrogen and oxygen atoms in total. The summed E-state index contributed by atoms with van der Waals surface area (Å²) in [6, 6.07) is 11.1. The van der Waals surface area contributed by atoms with E-state index in [1.807, 2.05) is 32.1 Å². The Bertz CT molecular complexity index is 755. The Kier molecular flexibility index (Phi) is 7.80. The largest absolute Gasteiger partial charge is 0.496 e. The fraction of sp³-hybridized carbons (Fsp3) is 0.333. The van der Waals surface area contributed by atoms with Gasteiger partial charge in [0.25, 0.3) is 0 Å². The molecular weight excluding hydrogens is 373 g/mol. The summed E-state index contributed by atoms with van der Waals surface area (Å²) in [6.45, 7) is 4.47. The first-order chi connectivity index (χ1) is 12.8. The quantitative estimate of drug-likeness (QED) is 0.493. The fourth-order valence-electron chi connectivity index (χ4n) is 2.49. The van der Waals surface area contributed by atoms with Crippen LogP contribution in [0.3, 0.4) is 0 Å². The molecule has 27 heavy (non-hydrogen) atoms. The highest BCUT2D eigenvalue weighted by molar-refractivity contribution is 7.99. The molecule has 6 heteroatoms. The Labute approximate surface area is 162 Å². The summed E-state index contributed by atoms with van der Waals surface area (Å²) >= 11 is 1.66. The number of methoxy groups -OCH3 is 1. The summed E-state index contributed by atoms with van der Waals surface area (Å²) in [5.74, 6) is 1.56. The van der Waals surface area contributed by atoms with E-state index in [1.165, 1.54) is 12.1 Å². The summed E-state index contributed by atoms with van der Waals surface area (Å²) in [4.78, 5) is 1.11. The van der Waals surface area contributed by atoms with Crippen molar-refractivity contribution >= 4 is 17.8 Å². The van der Waals surface area contributed by atoms with E-state index >= 15 is 0 Å². The van der Waals surface area contributed by atoms with Crippen LogP contribution in [0.2, 0.25) is 0 Å². The van der Waals surface area contributed by atoms with Gasteiger partial charge >= 0.3 is 6.18 Å². The molecular formula is C21H23F3O2S. The van der Waals surface area contributed by atoms with Crippen molar-refractivity contribution in [1.82, 2.24) is 0 Å². The van der Waals surface area contributed by atoms with Crippen LogP contribution in [0, 0.1) is 6.92 Å². The van der Waals surface area contributed by atoms with Crippen LogP contribution in [0.4, 0.5) is 13.2 Å². The summed E-state index contributed by atoms with van der Waals surface area (Å²) in [6.07, 6.45) is -0.774. The van der Waals surface area contributed by atoms with Crippen molar-refractivity contribution < 1.29 is 22.6 Å². The Morgan fingerprint density at radius 2 is 1.81 bits per heavy atom. The molecule has 0 bridgehead atoms. The molecule has 0 saturated carbocycles. The third kappa shape index (κ3) is 6.63. The zero-order valence-corrected chi connectivity index (χ0v) is 16.4. The molecule has 0 aromatic heterocycles. The van der Waals surface area contributed by atoms with Crippen LogP contribution in [-0.2, 0) is 10.9 Å². The molecule has 0 aliphatic carbocycles. The van der Waals surface area contributed by atoms with Crippen molar-refractivity contribution in [2.75, 3.05) is 19.5 Å². The van der Waals surface area contributed by atoms with Crippen LogP contribution in [0.1, 0.15) is 23.6 Å². The Morgan fingerprint density at radius 1 is 1.11 bits per heavy atom. The van der Waals surface area contributed by atoms with Crippen LogP contribution in [0.25, 0.3) is 6.08 Å². The van der Waals surface area contributed by atoms with Gasteiger partial charge in [-0.25, -0.2) is 0 Å². The minimum atomic E-state index is -4.32. The maximum atomic E-state index is 12.6. The molecule has 0 amide bonds. The zero-order valence-electron chi connectivity index (χ0n) is 15.5. The first-order valence-electron chi connectivity index (χ1n) is 8.58. The van der Waals surface area contributed by atoms with E-state index < -0.39 is 11.7 Å². The lowest BCUT2D eigenvalue weighted by Gasteiger charge is -2.13. The van der Waals surface area contributed by atoms with Gasteiger partial charge in [0.2, 0.25) is 0 Å². The van der Waals surface area contributed by atoms with E-state index in [4.69, 9.17) is 9.47 Å². The smallest absolute Gasteiger partial charge is 0.416 e. The highest BCUT2D eigenvalue weighted by Crippen LogP contribution is 2.29. The third-order valence-electron chi connectivity index (χ3n) is 3.90. The SMILES string of the molecule is CCOC(/C=C/c1ccc(C(F)(F)F)cc1)CSc1ccc(OC)c(C)c1. The van der Waals surface area contributed by atoms with Crippen LogP contribution in [-0.4, -0.2) is 25.6 Å². The lowest BCUT2D eigenvalue weighted by Crippen LogP contribution is -2.12. The topological polar surface area (TPSA) is 18.5 Å². The fourth-order valence-corrected chi connectivity index (χ4v) is 3.48. The van der Waals surface area contributed by atoms with Crippen LogP contribution >= 0.6 is 11.8 Å². The summed E-state index contributed by atoms with van der Waals surface area (Å²) < 4.78 is 48.9. The summed E-state index contributed by atoms with van der Waals surface area (Å²) in [5.41, 5.74) is 1.13. The summed E-state index contributed by atoms with van der Waals surface area (Å²) in [5, 5.41) is 0. The van der Waals surface area contributed by atoms with Crippen molar-refractivity contribution in [1.29, 1.82) is 0 Å². The van der Waals surface area contributed by atoms with Gasteiger partial charge in [0.05, 0.1) is 18.8 Å². The predicted molar refractivity (Wildman–Crippen MR) is 104 cm³/mol. The Hall–Kier alpha value is -1.92. The van der Waals surface area contributed by atoms with Gasteiger partial charge in [-0.1, -0.05) is 24.3 Å². The summed E-state index contributed by atoms with van der Waals surface area (Å²) in [7, 11) is 1.65. The molecule has 0 spiro atoms. The van der Waals surface area contributed by atoms with Crippen LogP contribution in [0.5, 0.6) is 5.75 Å². The standard InChI is InChI=1S/C21H23F3O2S/c1-4-26-18(14-27-19-11-12-20(25-3)15(2)13-19)10-7-16-5-8-17(9-6-16)21(22,23)24/h5-13,18H,4,14H2,1-3H3/b10-7+. The first kappa shape index (κ1) is 21.4. The highest BCUT2D eigenvalue weighted by atomic mass is 32.2. The molecule has 0 N–H and O–H groups in total. The molecule has 0 aliphatic rings. The maximum Gasteiger partial charge on any atom is 0.416 e. The van der Waals surface area contributed by atoms with Gasteiger partial charge in [0.15, 0.2) is 0 Å². The number of halogens is 3. The first-order valence-corrected chi connectivity index (χ1v) is 9.56. The molecule has 0 aliphatic heterocycles. The number of alkyl halides is 3. The lowest BCUT2D eigenvalue weighted by atomic mass is 10.1. The van der Waals surface area contributed by atoms with E-state index in [1.54, 1.807) is 24.9 Å². The molecule has 2 aromatic carbocycles. The molecule has 1 unspecified atom stereocenters. The second kappa shape index (κ2) is 9.85. The van der Waals surface area contributed by atoms with Gasteiger partial charge in [0, 0.05) is 17.3 Å². The highest BCUT2D eigenvalue weighted by Gasteiger charge is 2.29. The lowest BCUT2D eigenvalue weighted by molar-refractivity contribution is -0.137. The van der Waals surface area contributed by atoms with Crippen LogP contribution in [0.15, 0.2) is 53.4 Å². The third-order valence-corrected chi connectivity index (χ3v) is 4.99. The van der Waals surface area contributed by atoms with Gasteiger partial charge in [-0.2, -0.15) is 13.2 Å². The van der Waals surface area contributed by atoms with Gasteiger partial charge < -0.3 is 9.47 Å². The van der Waals surface area contributed by atoms with Gasteiger partial charge in [-0.15, -0.1) is 11.8 Å². The second-order valence-corrected chi connectivity index (χ2v) is 7.01. The van der Waals surface area contributed by atoms with E-state index in [9.17, 15) is 13.2 Å². The zero-order chi connectivity index (χ0) is 19.9. The molecule has 146 valence electrons. The average Bonchev–Trinajstić information content (AvgIpc) is 2.63.